The predicted molar refractivity (Wildman–Crippen MR) is 113 cm³/mol. The molecule has 1 N–H and O–H groups in total. The average Bonchev–Trinajstić information content (AvgIpc) is 3.53. The summed E-state index contributed by atoms with van der Waals surface area (Å²) in [5.41, 5.74) is 1.50. The lowest BCUT2D eigenvalue weighted by Gasteiger charge is -2.39. The molecule has 32 heavy (non-hydrogen) atoms. The Morgan fingerprint density at radius 1 is 1.19 bits per heavy atom. The van der Waals surface area contributed by atoms with Gasteiger partial charge in [-0.05, 0) is 76.2 Å². The zero-order chi connectivity index (χ0) is 23.4. The quantitative estimate of drug-likeness (QED) is 0.675. The summed E-state index contributed by atoms with van der Waals surface area (Å²) in [7, 11) is 2.25. The van der Waals surface area contributed by atoms with Crippen molar-refractivity contribution in [3.05, 3.63) is 11.6 Å². The molecule has 3 fully saturated rings. The molecule has 2 saturated heterocycles. The molecule has 1 saturated carbocycles. The van der Waals surface area contributed by atoms with E-state index in [0.29, 0.717) is 17.4 Å². The molecule has 182 valence electrons. The summed E-state index contributed by atoms with van der Waals surface area (Å²) in [6.07, 6.45) is 7.92. The fourth-order valence-corrected chi connectivity index (χ4v) is 5.00. The van der Waals surface area contributed by atoms with Crippen LogP contribution in [0.3, 0.4) is 0 Å². The standard InChI is InChI=1S/C21H34N2O2.C2HF3O2/c1-22-16-21(13-19(22)15-25-14-17-7-8-17)9-11-23(12-10-21)20(24)18-5-3-2-4-6-18;3-2(4,5)1(6)7/h5,17,19H,2-4,6-16H2,1H3;(H,6,7). The smallest absolute Gasteiger partial charge is 0.475 e. The summed E-state index contributed by atoms with van der Waals surface area (Å²) in [5.74, 6) is -1.58. The van der Waals surface area contributed by atoms with E-state index in [1.165, 1.54) is 38.6 Å². The van der Waals surface area contributed by atoms with E-state index < -0.39 is 12.1 Å². The van der Waals surface area contributed by atoms with Gasteiger partial charge in [0.2, 0.25) is 5.91 Å². The van der Waals surface area contributed by atoms with Crippen LogP contribution in [0, 0.1) is 11.3 Å². The Kier molecular flexibility index (Phi) is 8.25. The highest BCUT2D eigenvalue weighted by molar-refractivity contribution is 5.93. The first kappa shape index (κ1) is 25.0. The normalized spacial score (nSPS) is 25.8. The van der Waals surface area contributed by atoms with Crippen molar-refractivity contribution in [1.82, 2.24) is 9.80 Å². The van der Waals surface area contributed by atoms with Crippen LogP contribution in [0.5, 0.6) is 0 Å². The van der Waals surface area contributed by atoms with Gasteiger partial charge in [-0.3, -0.25) is 4.79 Å². The largest absolute Gasteiger partial charge is 0.490 e. The third-order valence-electron chi connectivity index (χ3n) is 7.16. The Hall–Kier alpha value is -1.61. The second-order valence-corrected chi connectivity index (χ2v) is 9.82. The summed E-state index contributed by atoms with van der Waals surface area (Å²) < 4.78 is 37.7. The van der Waals surface area contributed by atoms with E-state index in [4.69, 9.17) is 14.6 Å². The van der Waals surface area contributed by atoms with Crippen molar-refractivity contribution in [2.24, 2.45) is 11.3 Å². The molecule has 1 amide bonds. The number of allylic oxidation sites excluding steroid dienone is 1. The topological polar surface area (TPSA) is 70.1 Å². The van der Waals surface area contributed by atoms with Gasteiger partial charge in [-0.1, -0.05) is 6.08 Å². The van der Waals surface area contributed by atoms with E-state index in [1.807, 2.05) is 0 Å². The summed E-state index contributed by atoms with van der Waals surface area (Å²) >= 11 is 0. The molecule has 0 aromatic heterocycles. The molecule has 4 rings (SSSR count). The van der Waals surface area contributed by atoms with Crippen molar-refractivity contribution < 1.29 is 32.6 Å². The minimum Gasteiger partial charge on any atom is -0.475 e. The van der Waals surface area contributed by atoms with Crippen molar-refractivity contribution in [2.75, 3.05) is 39.9 Å². The predicted octanol–water partition coefficient (Wildman–Crippen LogP) is 3.86. The number of carboxylic acids is 1. The van der Waals surface area contributed by atoms with E-state index in [1.54, 1.807) is 0 Å². The van der Waals surface area contributed by atoms with Crippen LogP contribution in [0.2, 0.25) is 0 Å². The number of carboxylic acid groups (broad SMARTS) is 1. The molecule has 2 heterocycles. The number of hydrogen-bond acceptors (Lipinski definition) is 4. The van der Waals surface area contributed by atoms with Gasteiger partial charge in [0.1, 0.15) is 0 Å². The van der Waals surface area contributed by atoms with E-state index in [9.17, 15) is 18.0 Å². The fraction of sp³-hybridized carbons (Fsp3) is 0.826. The highest BCUT2D eigenvalue weighted by Gasteiger charge is 2.45. The van der Waals surface area contributed by atoms with Crippen LogP contribution in [-0.2, 0) is 14.3 Å². The minimum absolute atomic E-state index is 0.324. The molecule has 0 radical (unpaired) electrons. The number of ether oxygens (including phenoxy) is 1. The Labute approximate surface area is 187 Å². The van der Waals surface area contributed by atoms with Crippen LogP contribution in [0.1, 0.15) is 57.8 Å². The molecule has 0 aromatic carbocycles. The Bertz CT molecular complexity index is 698. The Balaban J connectivity index is 0.000000360. The monoisotopic (exact) mass is 460 g/mol. The number of halogens is 3. The highest BCUT2D eigenvalue weighted by atomic mass is 19.4. The summed E-state index contributed by atoms with van der Waals surface area (Å²) in [6.45, 7) is 4.92. The van der Waals surface area contributed by atoms with Gasteiger partial charge in [-0.25, -0.2) is 4.79 Å². The van der Waals surface area contributed by atoms with Gasteiger partial charge in [0.15, 0.2) is 0 Å². The van der Waals surface area contributed by atoms with Gasteiger partial charge in [0.05, 0.1) is 6.61 Å². The van der Waals surface area contributed by atoms with Crippen LogP contribution < -0.4 is 0 Å². The number of aliphatic carboxylic acids is 1. The average molecular weight is 461 g/mol. The third-order valence-corrected chi connectivity index (χ3v) is 7.16. The molecular weight excluding hydrogens is 425 g/mol. The van der Waals surface area contributed by atoms with Crippen molar-refractivity contribution in [3.63, 3.8) is 0 Å². The molecule has 4 aliphatic rings. The molecule has 0 bridgehead atoms. The first-order valence-electron chi connectivity index (χ1n) is 11.7. The summed E-state index contributed by atoms with van der Waals surface area (Å²) in [5, 5.41) is 7.12. The molecule has 1 spiro atoms. The number of piperidine rings is 1. The lowest BCUT2D eigenvalue weighted by molar-refractivity contribution is -0.192. The number of nitrogens with zero attached hydrogens (tertiary/aromatic N) is 2. The number of hydrogen-bond donors (Lipinski definition) is 1. The third kappa shape index (κ3) is 6.94. The fourth-order valence-electron chi connectivity index (χ4n) is 5.00. The molecule has 1 unspecified atom stereocenters. The zero-order valence-corrected chi connectivity index (χ0v) is 18.8. The number of amides is 1. The van der Waals surface area contributed by atoms with E-state index in [-0.39, 0.29) is 0 Å². The van der Waals surface area contributed by atoms with Crippen LogP contribution >= 0.6 is 0 Å². The van der Waals surface area contributed by atoms with Crippen LogP contribution in [0.4, 0.5) is 13.2 Å². The second-order valence-electron chi connectivity index (χ2n) is 9.82. The number of carbonyl (C=O) groups is 2. The van der Waals surface area contributed by atoms with Gasteiger partial charge in [-0.2, -0.15) is 13.2 Å². The summed E-state index contributed by atoms with van der Waals surface area (Å²) in [4.78, 5) is 26.3. The number of carbonyl (C=O) groups excluding carboxylic acids is 1. The maximum absolute atomic E-state index is 12.7. The number of alkyl halides is 3. The lowest BCUT2D eigenvalue weighted by Crippen LogP contribution is -2.44. The molecule has 9 heteroatoms. The number of likely N-dealkylation sites (N-methyl/N-ethyl adjacent to an activating group) is 1. The number of rotatable bonds is 5. The van der Waals surface area contributed by atoms with Crippen molar-refractivity contribution in [2.45, 2.75) is 70.0 Å². The van der Waals surface area contributed by atoms with E-state index >= 15 is 0 Å². The van der Waals surface area contributed by atoms with E-state index in [0.717, 1.165) is 63.5 Å². The second kappa shape index (κ2) is 10.5. The number of likely N-dealkylation sites (tertiary alicyclic amines) is 2. The van der Waals surface area contributed by atoms with Gasteiger partial charge in [-0.15, -0.1) is 0 Å². The van der Waals surface area contributed by atoms with Gasteiger partial charge in [0, 0.05) is 37.9 Å². The first-order valence-corrected chi connectivity index (χ1v) is 11.7. The Morgan fingerprint density at radius 3 is 2.38 bits per heavy atom. The molecule has 0 aromatic rings. The molecule has 1 atom stereocenters. The van der Waals surface area contributed by atoms with Gasteiger partial charge < -0.3 is 19.6 Å². The maximum atomic E-state index is 12.7. The van der Waals surface area contributed by atoms with Gasteiger partial charge in [0.25, 0.3) is 0 Å². The highest BCUT2D eigenvalue weighted by Crippen LogP contribution is 2.43. The molecule has 2 aliphatic heterocycles. The van der Waals surface area contributed by atoms with Crippen molar-refractivity contribution in [1.29, 1.82) is 0 Å². The minimum atomic E-state index is -5.08. The molecule has 6 nitrogen and oxygen atoms in total. The first-order chi connectivity index (χ1) is 15.1. The van der Waals surface area contributed by atoms with Gasteiger partial charge >= 0.3 is 12.1 Å². The maximum Gasteiger partial charge on any atom is 0.490 e. The Morgan fingerprint density at radius 2 is 1.84 bits per heavy atom. The van der Waals surface area contributed by atoms with Crippen LogP contribution in [0.15, 0.2) is 11.6 Å². The van der Waals surface area contributed by atoms with Crippen molar-refractivity contribution >= 4 is 11.9 Å². The van der Waals surface area contributed by atoms with E-state index in [2.05, 4.69) is 22.9 Å². The summed E-state index contributed by atoms with van der Waals surface area (Å²) in [6, 6.07) is 0.571. The zero-order valence-electron chi connectivity index (χ0n) is 18.8. The molecule has 2 aliphatic carbocycles. The van der Waals surface area contributed by atoms with Crippen molar-refractivity contribution in [3.8, 4) is 0 Å². The van der Waals surface area contributed by atoms with Crippen LogP contribution in [-0.4, -0.2) is 78.9 Å². The molecular formula is C23H35F3N2O4. The lowest BCUT2D eigenvalue weighted by atomic mass is 9.76. The van der Waals surface area contributed by atoms with Crippen LogP contribution in [0.25, 0.3) is 0 Å². The SMILES string of the molecule is CN1CC2(CCN(C(=O)C3=CCCCC3)CC2)CC1COCC1CC1.O=C(O)C(F)(F)F.